The fraction of sp³-hybridized carbons (Fsp3) is 0.286. The maximum absolute atomic E-state index is 12.0. The van der Waals surface area contributed by atoms with Crippen molar-refractivity contribution in [2.24, 2.45) is 0 Å². The van der Waals surface area contributed by atoms with Crippen LogP contribution in [0.1, 0.15) is 10.4 Å². The first-order valence-corrected chi connectivity index (χ1v) is 6.13. The van der Waals surface area contributed by atoms with E-state index in [9.17, 15) is 4.79 Å². The van der Waals surface area contributed by atoms with Gasteiger partial charge in [-0.3, -0.25) is 9.78 Å². The molecule has 2 rings (SSSR count). The number of ether oxygens (including phenoxy) is 1. The zero-order valence-electron chi connectivity index (χ0n) is 10.5. The molecule has 0 atom stereocenters. The molecule has 1 heterocycles. The molecule has 1 aromatic carbocycles. The first-order valence-electron chi connectivity index (χ1n) is 6.13. The van der Waals surface area contributed by atoms with Gasteiger partial charge in [0.1, 0.15) is 0 Å². The molecule has 0 saturated heterocycles. The van der Waals surface area contributed by atoms with Crippen LogP contribution in [-0.4, -0.2) is 42.4 Å². The molecule has 2 aromatic rings. The molecule has 0 aliphatic heterocycles. The van der Waals surface area contributed by atoms with Crippen molar-refractivity contribution in [2.45, 2.75) is 0 Å². The Kier molecular flexibility index (Phi) is 4.83. The van der Waals surface area contributed by atoms with Gasteiger partial charge in [-0.2, -0.15) is 0 Å². The van der Waals surface area contributed by atoms with Crippen LogP contribution in [0, 0.1) is 0 Å². The van der Waals surface area contributed by atoms with Gasteiger partial charge in [0.25, 0.3) is 5.91 Å². The lowest BCUT2D eigenvalue weighted by Crippen LogP contribution is -2.27. The summed E-state index contributed by atoms with van der Waals surface area (Å²) in [6, 6.07) is 9.22. The Bertz CT molecular complexity index is 552. The molecule has 0 aliphatic rings. The number of fused-ring (bicyclic) bond motifs is 1. The lowest BCUT2D eigenvalue weighted by atomic mass is 10.1. The second kappa shape index (κ2) is 6.82. The van der Waals surface area contributed by atoms with Gasteiger partial charge in [0, 0.05) is 18.1 Å². The molecule has 1 amide bonds. The third-order valence-corrected chi connectivity index (χ3v) is 2.66. The maximum atomic E-state index is 12.0. The summed E-state index contributed by atoms with van der Waals surface area (Å²) in [5.74, 6) is -0.147. The number of hydrogen-bond acceptors (Lipinski definition) is 4. The number of hydrogen-bond donors (Lipinski definition) is 2. The van der Waals surface area contributed by atoms with Crippen molar-refractivity contribution in [3.05, 3.63) is 42.1 Å². The fourth-order valence-corrected chi connectivity index (χ4v) is 1.79. The average Bonchev–Trinajstić information content (AvgIpc) is 2.46. The Labute approximate surface area is 111 Å². The Morgan fingerprint density at radius 1 is 1.26 bits per heavy atom. The number of pyridine rings is 1. The second-order valence-electron chi connectivity index (χ2n) is 3.97. The van der Waals surface area contributed by atoms with Crippen LogP contribution in [0.5, 0.6) is 0 Å². The number of aromatic nitrogens is 1. The van der Waals surface area contributed by atoms with Crippen molar-refractivity contribution in [2.75, 3.05) is 26.4 Å². The van der Waals surface area contributed by atoms with Crippen LogP contribution in [0.25, 0.3) is 10.9 Å². The Morgan fingerprint density at radius 3 is 2.95 bits per heavy atom. The van der Waals surface area contributed by atoms with Crippen molar-refractivity contribution in [1.29, 1.82) is 0 Å². The van der Waals surface area contributed by atoms with E-state index in [1.165, 1.54) is 0 Å². The summed E-state index contributed by atoms with van der Waals surface area (Å²) in [7, 11) is 0. The van der Waals surface area contributed by atoms with Crippen molar-refractivity contribution in [3.8, 4) is 0 Å². The number of nitrogens with zero attached hydrogens (tertiary/aromatic N) is 1. The van der Waals surface area contributed by atoms with Crippen molar-refractivity contribution in [1.82, 2.24) is 10.3 Å². The Morgan fingerprint density at radius 2 is 2.11 bits per heavy atom. The van der Waals surface area contributed by atoms with Crippen LogP contribution >= 0.6 is 0 Å². The molecule has 19 heavy (non-hydrogen) atoms. The molecule has 0 radical (unpaired) electrons. The molecule has 0 fully saturated rings. The summed E-state index contributed by atoms with van der Waals surface area (Å²) in [5.41, 5.74) is 1.40. The summed E-state index contributed by atoms with van der Waals surface area (Å²) in [6.45, 7) is 1.07. The molecule has 0 unspecified atom stereocenters. The number of amides is 1. The van der Waals surface area contributed by atoms with Crippen LogP contribution in [0.2, 0.25) is 0 Å². The zero-order valence-corrected chi connectivity index (χ0v) is 10.5. The number of aliphatic hydroxyl groups excluding tert-OH is 1. The highest BCUT2D eigenvalue weighted by Crippen LogP contribution is 2.15. The zero-order chi connectivity index (χ0) is 13.5. The van der Waals surface area contributed by atoms with Gasteiger partial charge in [-0.15, -0.1) is 0 Å². The molecule has 5 nitrogen and oxygen atoms in total. The van der Waals surface area contributed by atoms with Crippen molar-refractivity contribution < 1.29 is 14.6 Å². The molecule has 2 N–H and O–H groups in total. The van der Waals surface area contributed by atoms with E-state index < -0.39 is 0 Å². The number of carbonyl (C=O) groups excluding carboxylic acids is 1. The van der Waals surface area contributed by atoms with Gasteiger partial charge in [0.05, 0.1) is 30.9 Å². The number of para-hydroxylation sites is 1. The Balaban J connectivity index is 2.01. The molecule has 0 bridgehead atoms. The van der Waals surface area contributed by atoms with E-state index in [1.807, 2.05) is 24.3 Å². The molecule has 1 aromatic heterocycles. The van der Waals surface area contributed by atoms with Gasteiger partial charge >= 0.3 is 0 Å². The largest absolute Gasteiger partial charge is 0.394 e. The van der Waals surface area contributed by atoms with E-state index >= 15 is 0 Å². The van der Waals surface area contributed by atoms with Crippen LogP contribution < -0.4 is 5.32 Å². The lowest BCUT2D eigenvalue weighted by molar-refractivity contribution is 0.0839. The maximum Gasteiger partial charge on any atom is 0.252 e. The lowest BCUT2D eigenvalue weighted by Gasteiger charge is -2.07. The molecule has 0 aliphatic carbocycles. The van der Waals surface area contributed by atoms with Crippen LogP contribution in [0.4, 0.5) is 0 Å². The van der Waals surface area contributed by atoms with Crippen LogP contribution in [0.3, 0.4) is 0 Å². The molecular formula is C14H16N2O3. The predicted molar refractivity (Wildman–Crippen MR) is 72.0 cm³/mol. The van der Waals surface area contributed by atoms with Gasteiger partial charge in [-0.25, -0.2) is 0 Å². The average molecular weight is 260 g/mol. The predicted octanol–water partition coefficient (Wildman–Crippen LogP) is 0.973. The first kappa shape index (κ1) is 13.5. The third-order valence-electron chi connectivity index (χ3n) is 2.66. The normalized spacial score (nSPS) is 10.6. The molecular weight excluding hydrogens is 244 g/mol. The number of rotatable bonds is 6. The van der Waals surface area contributed by atoms with E-state index in [1.54, 1.807) is 12.3 Å². The minimum Gasteiger partial charge on any atom is -0.394 e. The summed E-state index contributed by atoms with van der Waals surface area (Å²) in [5, 5.41) is 12.2. The minimum atomic E-state index is -0.147. The fourth-order valence-electron chi connectivity index (χ4n) is 1.79. The van der Waals surface area contributed by atoms with Gasteiger partial charge in [0.2, 0.25) is 0 Å². The first-order chi connectivity index (χ1) is 9.33. The number of benzene rings is 1. The van der Waals surface area contributed by atoms with E-state index in [4.69, 9.17) is 9.84 Å². The topological polar surface area (TPSA) is 71.5 Å². The second-order valence-corrected chi connectivity index (χ2v) is 3.97. The van der Waals surface area contributed by atoms with E-state index in [0.29, 0.717) is 18.7 Å². The smallest absolute Gasteiger partial charge is 0.252 e. The number of aliphatic hydroxyl groups is 1. The summed E-state index contributed by atoms with van der Waals surface area (Å²) in [6.07, 6.45) is 1.62. The Hall–Kier alpha value is -1.98. The molecule has 0 saturated carbocycles. The summed E-state index contributed by atoms with van der Waals surface area (Å²) >= 11 is 0. The molecule has 5 heteroatoms. The van der Waals surface area contributed by atoms with Gasteiger partial charge in [-0.1, -0.05) is 18.2 Å². The summed E-state index contributed by atoms with van der Waals surface area (Å²) < 4.78 is 5.08. The monoisotopic (exact) mass is 260 g/mol. The van der Waals surface area contributed by atoms with Crippen LogP contribution in [0.15, 0.2) is 36.5 Å². The highest BCUT2D eigenvalue weighted by Gasteiger charge is 2.09. The quantitative estimate of drug-likeness (QED) is 0.759. The standard InChI is InChI=1S/C14H16N2O3/c17-8-10-19-9-7-16-14(18)12-5-6-15-13-4-2-1-3-11(12)13/h1-6,17H,7-10H2,(H,16,18). The number of carbonyl (C=O) groups is 1. The van der Waals surface area contributed by atoms with Crippen molar-refractivity contribution >= 4 is 16.8 Å². The van der Waals surface area contributed by atoms with Gasteiger partial charge in [-0.05, 0) is 12.1 Å². The number of nitrogens with one attached hydrogen (secondary N) is 1. The highest BCUT2D eigenvalue weighted by atomic mass is 16.5. The van der Waals surface area contributed by atoms with Crippen molar-refractivity contribution in [3.63, 3.8) is 0 Å². The minimum absolute atomic E-state index is 0.0110. The van der Waals surface area contributed by atoms with Crippen LogP contribution in [-0.2, 0) is 4.74 Å². The van der Waals surface area contributed by atoms with Gasteiger partial charge in [0.15, 0.2) is 0 Å². The van der Waals surface area contributed by atoms with E-state index in [2.05, 4.69) is 10.3 Å². The SMILES string of the molecule is O=C(NCCOCCO)c1ccnc2ccccc12. The van der Waals surface area contributed by atoms with E-state index in [0.717, 1.165) is 10.9 Å². The van der Waals surface area contributed by atoms with Gasteiger partial charge < -0.3 is 15.2 Å². The molecule has 100 valence electrons. The van der Waals surface area contributed by atoms with E-state index in [-0.39, 0.29) is 19.1 Å². The summed E-state index contributed by atoms with van der Waals surface area (Å²) in [4.78, 5) is 16.3. The molecule has 0 spiro atoms. The third kappa shape index (κ3) is 3.49. The highest BCUT2D eigenvalue weighted by molar-refractivity contribution is 6.05.